The van der Waals surface area contributed by atoms with Gasteiger partial charge in [-0.2, -0.15) is 0 Å². The molecule has 192 valence electrons. The number of Topliss-reactive ketones (excluding diaryl/α,β-unsaturated/α-hetero) is 1. The highest BCUT2D eigenvalue weighted by atomic mass is 16.5. The average molecular weight is 492 g/mol. The van der Waals surface area contributed by atoms with Gasteiger partial charge in [0.05, 0.1) is 24.8 Å². The fourth-order valence-corrected chi connectivity index (χ4v) is 5.08. The number of likely N-dealkylation sites (tertiary alicyclic amines) is 1. The third-order valence-electron chi connectivity index (χ3n) is 7.16. The van der Waals surface area contributed by atoms with Crippen molar-refractivity contribution in [3.63, 3.8) is 0 Å². The molecule has 2 aromatic rings. The normalized spacial score (nSPS) is 22.0. The number of aliphatic hydroxyl groups excluding tert-OH is 1. The van der Waals surface area contributed by atoms with Gasteiger partial charge in [0.25, 0.3) is 11.7 Å². The summed E-state index contributed by atoms with van der Waals surface area (Å²) in [6.45, 7) is 11.4. The zero-order valence-electron chi connectivity index (χ0n) is 22.1. The van der Waals surface area contributed by atoms with E-state index in [1.54, 1.807) is 24.1 Å². The molecule has 1 amide bonds. The molecule has 2 unspecified atom stereocenters. The van der Waals surface area contributed by atoms with E-state index >= 15 is 0 Å². The highest BCUT2D eigenvalue weighted by molar-refractivity contribution is 6.46. The van der Waals surface area contributed by atoms with Crippen LogP contribution in [-0.2, 0) is 19.7 Å². The highest BCUT2D eigenvalue weighted by Crippen LogP contribution is 2.41. The standard InChI is InChI=1S/C30H37NO5/c1-18(2)19-9-11-20(12-10-19)26-25(28(33)29(34)31(26)17-22-8-7-15-36-22)27(32)21-13-14-24(35-6)23(16-21)30(3,4)5/h9-14,16,18,22,26,32H,7-8,15,17H2,1-6H3/b27-25-. The molecule has 0 saturated carbocycles. The first-order valence-electron chi connectivity index (χ1n) is 12.7. The Bertz CT molecular complexity index is 1170. The van der Waals surface area contributed by atoms with Gasteiger partial charge in [-0.25, -0.2) is 0 Å². The van der Waals surface area contributed by atoms with E-state index in [1.807, 2.05) is 30.3 Å². The second-order valence-corrected chi connectivity index (χ2v) is 11.1. The quantitative estimate of drug-likeness (QED) is 0.318. The number of carbonyl (C=O) groups excluding carboxylic acids is 2. The van der Waals surface area contributed by atoms with E-state index in [9.17, 15) is 14.7 Å². The predicted octanol–water partition coefficient (Wildman–Crippen LogP) is 5.72. The van der Waals surface area contributed by atoms with Crippen LogP contribution in [-0.4, -0.2) is 48.1 Å². The number of ether oxygens (including phenoxy) is 2. The summed E-state index contributed by atoms with van der Waals surface area (Å²) in [7, 11) is 1.61. The van der Waals surface area contributed by atoms with E-state index in [0.29, 0.717) is 30.4 Å². The van der Waals surface area contributed by atoms with Gasteiger partial charge in [0.2, 0.25) is 0 Å². The zero-order valence-corrected chi connectivity index (χ0v) is 22.1. The van der Waals surface area contributed by atoms with Gasteiger partial charge in [-0.15, -0.1) is 0 Å². The molecule has 0 aliphatic carbocycles. The first-order chi connectivity index (χ1) is 17.0. The summed E-state index contributed by atoms with van der Waals surface area (Å²) in [6.07, 6.45) is 1.66. The smallest absolute Gasteiger partial charge is 0.295 e. The molecule has 0 radical (unpaired) electrons. The number of nitrogens with zero attached hydrogens (tertiary/aromatic N) is 1. The maximum Gasteiger partial charge on any atom is 0.295 e. The van der Waals surface area contributed by atoms with E-state index in [0.717, 1.165) is 24.0 Å². The van der Waals surface area contributed by atoms with E-state index in [-0.39, 0.29) is 22.9 Å². The minimum Gasteiger partial charge on any atom is -0.507 e. The fraction of sp³-hybridized carbons (Fsp3) is 0.467. The maximum atomic E-state index is 13.4. The van der Waals surface area contributed by atoms with Gasteiger partial charge in [-0.3, -0.25) is 9.59 Å². The summed E-state index contributed by atoms with van der Waals surface area (Å²) >= 11 is 0. The Balaban J connectivity index is 1.85. The minimum atomic E-state index is -0.685. The molecule has 0 aromatic heterocycles. The summed E-state index contributed by atoms with van der Waals surface area (Å²) < 4.78 is 11.3. The molecule has 6 nitrogen and oxygen atoms in total. The van der Waals surface area contributed by atoms with Gasteiger partial charge in [-0.05, 0) is 53.5 Å². The molecule has 0 spiro atoms. The Morgan fingerprint density at radius 1 is 1.14 bits per heavy atom. The number of aliphatic hydroxyl groups is 1. The molecule has 0 bridgehead atoms. The summed E-state index contributed by atoms with van der Waals surface area (Å²) in [6, 6.07) is 12.7. The van der Waals surface area contributed by atoms with Crippen molar-refractivity contribution in [2.45, 2.75) is 70.9 Å². The Hall–Kier alpha value is -3.12. The largest absolute Gasteiger partial charge is 0.507 e. The van der Waals surface area contributed by atoms with Gasteiger partial charge in [0.1, 0.15) is 11.5 Å². The minimum absolute atomic E-state index is 0.111. The van der Waals surface area contributed by atoms with Crippen LogP contribution in [0.2, 0.25) is 0 Å². The van der Waals surface area contributed by atoms with Gasteiger partial charge in [0.15, 0.2) is 0 Å². The number of methoxy groups -OCH3 is 1. The van der Waals surface area contributed by atoms with Crippen molar-refractivity contribution >= 4 is 17.4 Å². The molecular formula is C30H37NO5. The SMILES string of the molecule is COc1ccc(/C(O)=C2/C(=O)C(=O)N(CC3CCCO3)C2c2ccc(C(C)C)cc2)cc1C(C)(C)C. The van der Waals surface area contributed by atoms with Crippen molar-refractivity contribution in [1.29, 1.82) is 0 Å². The third-order valence-corrected chi connectivity index (χ3v) is 7.16. The van der Waals surface area contributed by atoms with Crippen LogP contribution < -0.4 is 4.74 Å². The Kier molecular flexibility index (Phi) is 7.28. The number of rotatable bonds is 6. The highest BCUT2D eigenvalue weighted by Gasteiger charge is 2.47. The van der Waals surface area contributed by atoms with Gasteiger partial charge in [0, 0.05) is 24.3 Å². The lowest BCUT2D eigenvalue weighted by molar-refractivity contribution is -0.140. The van der Waals surface area contributed by atoms with Crippen LogP contribution in [0.1, 0.15) is 81.7 Å². The lowest BCUT2D eigenvalue weighted by atomic mass is 9.84. The molecule has 36 heavy (non-hydrogen) atoms. The summed E-state index contributed by atoms with van der Waals surface area (Å²) in [4.78, 5) is 28.2. The Morgan fingerprint density at radius 3 is 2.39 bits per heavy atom. The summed E-state index contributed by atoms with van der Waals surface area (Å²) in [5.74, 6) is -0.383. The number of hydrogen-bond donors (Lipinski definition) is 1. The molecule has 1 N–H and O–H groups in total. The predicted molar refractivity (Wildman–Crippen MR) is 140 cm³/mol. The van der Waals surface area contributed by atoms with Gasteiger partial charge < -0.3 is 19.5 Å². The van der Waals surface area contributed by atoms with Gasteiger partial charge >= 0.3 is 0 Å². The second-order valence-electron chi connectivity index (χ2n) is 11.1. The summed E-state index contributed by atoms with van der Waals surface area (Å²) in [5.41, 5.74) is 3.21. The Labute approximate surface area is 213 Å². The van der Waals surface area contributed by atoms with Crippen LogP contribution in [0.15, 0.2) is 48.0 Å². The second kappa shape index (κ2) is 10.1. The van der Waals surface area contributed by atoms with Crippen LogP contribution in [0.3, 0.4) is 0 Å². The van der Waals surface area contributed by atoms with Crippen LogP contribution in [0.4, 0.5) is 0 Å². The molecule has 2 aromatic carbocycles. The van der Waals surface area contributed by atoms with Crippen molar-refractivity contribution in [2.24, 2.45) is 0 Å². The van der Waals surface area contributed by atoms with E-state index < -0.39 is 17.7 Å². The molecule has 2 aliphatic heterocycles. The molecule has 2 heterocycles. The van der Waals surface area contributed by atoms with E-state index in [4.69, 9.17) is 9.47 Å². The van der Waals surface area contributed by atoms with Crippen LogP contribution >= 0.6 is 0 Å². The maximum absolute atomic E-state index is 13.4. The van der Waals surface area contributed by atoms with Gasteiger partial charge in [-0.1, -0.05) is 58.9 Å². The molecule has 2 saturated heterocycles. The lowest BCUT2D eigenvalue weighted by Gasteiger charge is -2.28. The molecule has 6 heteroatoms. The molecule has 2 atom stereocenters. The van der Waals surface area contributed by atoms with Crippen molar-refractivity contribution in [3.8, 4) is 5.75 Å². The van der Waals surface area contributed by atoms with Crippen molar-refractivity contribution in [2.75, 3.05) is 20.3 Å². The zero-order chi connectivity index (χ0) is 26.2. The number of amides is 1. The number of ketones is 1. The number of carbonyl (C=O) groups is 2. The fourth-order valence-electron chi connectivity index (χ4n) is 5.08. The van der Waals surface area contributed by atoms with Crippen LogP contribution in [0, 0.1) is 0 Å². The van der Waals surface area contributed by atoms with Crippen molar-refractivity contribution < 1.29 is 24.2 Å². The first-order valence-corrected chi connectivity index (χ1v) is 12.7. The van der Waals surface area contributed by atoms with E-state index in [1.165, 1.54) is 5.56 Å². The van der Waals surface area contributed by atoms with Crippen LogP contribution in [0.5, 0.6) is 5.75 Å². The average Bonchev–Trinajstić information content (AvgIpc) is 3.45. The third kappa shape index (κ3) is 4.92. The van der Waals surface area contributed by atoms with Crippen molar-refractivity contribution in [1.82, 2.24) is 4.90 Å². The molecular weight excluding hydrogens is 454 g/mol. The molecule has 2 aliphatic rings. The monoisotopic (exact) mass is 491 g/mol. The topological polar surface area (TPSA) is 76.1 Å². The molecule has 4 rings (SSSR count). The number of benzene rings is 2. The first kappa shape index (κ1) is 26.0. The van der Waals surface area contributed by atoms with E-state index in [2.05, 4.69) is 34.6 Å². The summed E-state index contributed by atoms with van der Waals surface area (Å²) in [5, 5.41) is 11.5. The Morgan fingerprint density at radius 2 is 1.83 bits per heavy atom. The van der Waals surface area contributed by atoms with Crippen molar-refractivity contribution in [3.05, 3.63) is 70.3 Å². The lowest BCUT2D eigenvalue weighted by Crippen LogP contribution is -2.36. The number of hydrogen-bond acceptors (Lipinski definition) is 5. The molecule has 2 fully saturated rings. The van der Waals surface area contributed by atoms with Crippen LogP contribution in [0.25, 0.3) is 5.76 Å².